The number of unbranched alkanes of at least 4 members (excludes halogenated alkanes) is 2. The summed E-state index contributed by atoms with van der Waals surface area (Å²) in [6.45, 7) is 15.0. The predicted octanol–water partition coefficient (Wildman–Crippen LogP) is 6.28. The van der Waals surface area contributed by atoms with E-state index >= 15 is 0 Å². The Labute approximate surface area is 248 Å². The van der Waals surface area contributed by atoms with Gasteiger partial charge in [-0.1, -0.05) is 74.3 Å². The number of hydrogen-bond donors (Lipinski definition) is 2. The number of benzene rings is 1. The zero-order chi connectivity index (χ0) is 32.1. The second-order valence-corrected chi connectivity index (χ2v) is 12.6. The first-order valence-corrected chi connectivity index (χ1v) is 14.0. The number of carbonyl (C=O) groups excluding carboxylic acids is 3. The van der Waals surface area contributed by atoms with E-state index in [-0.39, 0.29) is 48.8 Å². The van der Waals surface area contributed by atoms with E-state index in [4.69, 9.17) is 34.2 Å². The van der Waals surface area contributed by atoms with E-state index in [1.54, 1.807) is 6.92 Å². The van der Waals surface area contributed by atoms with Crippen LogP contribution in [0.2, 0.25) is 0 Å². The molecule has 12 nitrogen and oxygen atoms in total. The van der Waals surface area contributed by atoms with Gasteiger partial charge in [0.1, 0.15) is 6.04 Å². The fourth-order valence-corrected chi connectivity index (χ4v) is 3.58. The van der Waals surface area contributed by atoms with Crippen molar-refractivity contribution in [1.82, 2.24) is 0 Å². The van der Waals surface area contributed by atoms with Crippen molar-refractivity contribution in [3.8, 4) is 11.5 Å². The van der Waals surface area contributed by atoms with Gasteiger partial charge >= 0.3 is 24.4 Å². The van der Waals surface area contributed by atoms with Crippen molar-refractivity contribution in [2.45, 2.75) is 86.6 Å². The Kier molecular flexibility index (Phi) is 14.6. The van der Waals surface area contributed by atoms with Gasteiger partial charge < -0.3 is 39.3 Å². The molecule has 0 bridgehead atoms. The average Bonchev–Trinajstić information content (AvgIpc) is 2.88. The van der Waals surface area contributed by atoms with Crippen molar-refractivity contribution in [3.05, 3.63) is 23.8 Å². The van der Waals surface area contributed by atoms with Crippen LogP contribution in [0.25, 0.3) is 0 Å². The number of ether oxygens (including phenoxy) is 6. The minimum atomic E-state index is -1.42. The molecule has 0 saturated heterocycles. The summed E-state index contributed by atoms with van der Waals surface area (Å²) < 4.78 is 31.3. The van der Waals surface area contributed by atoms with Crippen molar-refractivity contribution in [1.29, 1.82) is 0 Å². The molecule has 0 amide bonds. The third-order valence-electron chi connectivity index (χ3n) is 5.70. The second-order valence-electron chi connectivity index (χ2n) is 12.6. The van der Waals surface area contributed by atoms with E-state index in [2.05, 4.69) is 0 Å². The van der Waals surface area contributed by atoms with Gasteiger partial charge in [-0.3, -0.25) is 4.79 Å². The van der Waals surface area contributed by atoms with Gasteiger partial charge in [-0.25, -0.2) is 14.4 Å². The number of carboxylic acids is 1. The molecule has 0 saturated carbocycles. The molecule has 0 aromatic heterocycles. The highest BCUT2D eigenvalue weighted by Crippen LogP contribution is 2.36. The van der Waals surface area contributed by atoms with Crippen LogP contribution in [0.15, 0.2) is 18.2 Å². The Balaban J connectivity index is 3.27. The zero-order valence-corrected chi connectivity index (χ0v) is 26.0. The fraction of sp³-hybridized carbons (Fsp3) is 0.667. The summed E-state index contributed by atoms with van der Waals surface area (Å²) in [5.41, 5.74) is 5.71. The lowest BCUT2D eigenvalue weighted by Gasteiger charge is -2.28. The van der Waals surface area contributed by atoms with Gasteiger partial charge in [0.2, 0.25) is 0 Å². The summed E-state index contributed by atoms with van der Waals surface area (Å²) in [5.74, 6) is -3.20. The summed E-state index contributed by atoms with van der Waals surface area (Å²) >= 11 is 0. The van der Waals surface area contributed by atoms with Crippen molar-refractivity contribution in [2.75, 3.05) is 26.4 Å². The third kappa shape index (κ3) is 14.4. The van der Waals surface area contributed by atoms with E-state index < -0.39 is 42.3 Å². The van der Waals surface area contributed by atoms with E-state index in [1.165, 1.54) is 18.2 Å². The van der Waals surface area contributed by atoms with Crippen LogP contribution in [0, 0.1) is 16.7 Å². The Morgan fingerprint density at radius 2 is 1.36 bits per heavy atom. The molecular formula is C30H47NO11. The molecule has 3 atom stereocenters. The van der Waals surface area contributed by atoms with E-state index in [1.807, 2.05) is 48.5 Å². The maximum Gasteiger partial charge on any atom is 0.513 e. The topological polar surface area (TPSA) is 170 Å². The third-order valence-corrected chi connectivity index (χ3v) is 5.70. The first-order chi connectivity index (χ1) is 19.4. The number of rotatable bonds is 14. The number of carbonyl (C=O) groups is 4. The molecule has 0 heterocycles. The molecular weight excluding hydrogens is 550 g/mol. The summed E-state index contributed by atoms with van der Waals surface area (Å²) in [6, 6.07) is 2.72. The quantitative estimate of drug-likeness (QED) is 0.107. The van der Waals surface area contributed by atoms with Gasteiger partial charge in [-0.2, -0.15) is 0 Å². The Hall–Kier alpha value is -3.54. The lowest BCUT2D eigenvalue weighted by molar-refractivity contribution is -0.139. The van der Waals surface area contributed by atoms with Crippen LogP contribution in [0.1, 0.15) is 86.1 Å². The normalized spacial score (nSPS) is 13.7. The lowest BCUT2D eigenvalue weighted by atomic mass is 9.82. The molecule has 0 fully saturated rings. The highest BCUT2D eigenvalue weighted by Gasteiger charge is 2.33. The van der Waals surface area contributed by atoms with Gasteiger partial charge in [0.05, 0.1) is 26.4 Å². The maximum absolute atomic E-state index is 12.5. The van der Waals surface area contributed by atoms with Gasteiger partial charge in [0.25, 0.3) is 0 Å². The second kappa shape index (κ2) is 16.8. The summed E-state index contributed by atoms with van der Waals surface area (Å²) in [4.78, 5) is 48.8. The smallest absolute Gasteiger partial charge is 0.480 e. The molecule has 12 heteroatoms. The van der Waals surface area contributed by atoms with Crippen molar-refractivity contribution in [3.63, 3.8) is 0 Å². The molecule has 0 radical (unpaired) electrons. The minimum Gasteiger partial charge on any atom is -0.480 e. The summed E-state index contributed by atoms with van der Waals surface area (Å²) in [7, 11) is 0. The number of carboxylic acid groups (broad SMARTS) is 1. The molecule has 0 aliphatic heterocycles. The molecule has 2 unspecified atom stereocenters. The average molecular weight is 598 g/mol. The van der Waals surface area contributed by atoms with E-state index in [0.717, 1.165) is 12.8 Å². The summed E-state index contributed by atoms with van der Waals surface area (Å²) in [5, 5.41) is 9.72. The largest absolute Gasteiger partial charge is 0.513 e. The van der Waals surface area contributed by atoms with Crippen molar-refractivity contribution in [2.24, 2.45) is 22.5 Å². The van der Waals surface area contributed by atoms with Crippen LogP contribution in [0.5, 0.6) is 11.5 Å². The molecule has 0 aliphatic carbocycles. The van der Waals surface area contributed by atoms with Crippen LogP contribution >= 0.6 is 0 Å². The van der Waals surface area contributed by atoms with Gasteiger partial charge in [0.15, 0.2) is 11.5 Å². The fourth-order valence-electron chi connectivity index (χ4n) is 3.58. The SMILES string of the molecule is CCCCCOC(=O)OCC(C)C(c1ccc(OC(=O)OCC(C)(C)C)c(OC(=O)OCC(C)(C)C)c1)[C@H](N)C(=O)O. The first-order valence-electron chi connectivity index (χ1n) is 14.0. The molecule has 238 valence electrons. The van der Waals surface area contributed by atoms with E-state index in [9.17, 15) is 24.3 Å². The molecule has 1 aromatic rings. The van der Waals surface area contributed by atoms with Crippen LogP contribution in [0.3, 0.4) is 0 Å². The highest BCUT2D eigenvalue weighted by atomic mass is 16.7. The number of nitrogens with two attached hydrogens (primary N) is 1. The lowest BCUT2D eigenvalue weighted by Crippen LogP contribution is -2.40. The Morgan fingerprint density at radius 1 is 0.810 bits per heavy atom. The number of hydrogen-bond acceptors (Lipinski definition) is 11. The summed E-state index contributed by atoms with van der Waals surface area (Å²) in [6.07, 6.45) is -0.385. The predicted molar refractivity (Wildman–Crippen MR) is 154 cm³/mol. The van der Waals surface area contributed by atoms with Crippen molar-refractivity contribution < 1.29 is 52.7 Å². The van der Waals surface area contributed by atoms with Crippen LogP contribution in [-0.4, -0.2) is 62.0 Å². The molecule has 1 rings (SSSR count). The first kappa shape index (κ1) is 36.5. The van der Waals surface area contributed by atoms with Crippen LogP contribution in [0.4, 0.5) is 14.4 Å². The number of aliphatic carboxylic acids is 1. The van der Waals surface area contributed by atoms with E-state index in [0.29, 0.717) is 12.0 Å². The highest BCUT2D eigenvalue weighted by molar-refractivity contribution is 5.75. The molecule has 3 N–H and O–H groups in total. The minimum absolute atomic E-state index is 0.0464. The Morgan fingerprint density at radius 3 is 1.86 bits per heavy atom. The standard InChI is InChI=1S/C30H47NO11/c1-9-10-11-14-37-26(34)38-16-19(2)23(24(31)25(32)33)20-12-13-21(41-27(35)39-17-29(3,4)5)22(15-20)42-28(36)40-18-30(6,7)8/h12-13,15,19,23-24H,9-11,14,16-18,31H2,1-8H3,(H,32,33)/t19?,23?,24-/m0/s1. The van der Waals surface area contributed by atoms with Gasteiger partial charge in [-0.05, 0) is 40.9 Å². The van der Waals surface area contributed by atoms with Crippen LogP contribution in [-0.2, 0) is 23.7 Å². The molecule has 1 aromatic carbocycles. The van der Waals surface area contributed by atoms with Gasteiger partial charge in [-0.15, -0.1) is 0 Å². The molecule has 0 spiro atoms. The molecule has 42 heavy (non-hydrogen) atoms. The van der Waals surface area contributed by atoms with Gasteiger partial charge in [0, 0.05) is 5.92 Å². The maximum atomic E-state index is 12.5. The zero-order valence-electron chi connectivity index (χ0n) is 26.0. The van der Waals surface area contributed by atoms with Crippen LogP contribution < -0.4 is 15.2 Å². The molecule has 0 aliphatic rings. The van der Waals surface area contributed by atoms with Crippen molar-refractivity contribution >= 4 is 24.4 Å². The monoisotopic (exact) mass is 597 g/mol. The Bertz CT molecular complexity index is 1040.